The van der Waals surface area contributed by atoms with Crippen molar-refractivity contribution in [2.75, 3.05) is 51.7 Å². The number of nitrogens with one attached hydrogen (secondary N) is 1. The quantitative estimate of drug-likeness (QED) is 0.363. The Balaban J connectivity index is 1.06. The van der Waals surface area contributed by atoms with Crippen LogP contribution in [0.25, 0.3) is 23.2 Å². The second-order valence-corrected chi connectivity index (χ2v) is 10.3. The standard InChI is InChI=1S/C32H34N6O2/c1-40-29-12-6-5-11-27(29)32-35-34-30-16-13-25-22-26(14-15-28(25)38(30)32)33-31(39)23-37-20-18-36(19-21-37)17-7-10-24-8-3-2-4-9-24/h2-12,14-15,22H,13,16-21,23H2,1H3,(H,33,39)/b10-7+. The molecule has 0 saturated carbocycles. The first-order chi connectivity index (χ1) is 19.7. The van der Waals surface area contributed by atoms with Crippen LogP contribution in [-0.4, -0.2) is 76.8 Å². The summed E-state index contributed by atoms with van der Waals surface area (Å²) in [6.07, 6.45) is 6.03. The third-order valence-corrected chi connectivity index (χ3v) is 7.61. The predicted octanol–water partition coefficient (Wildman–Crippen LogP) is 4.31. The molecule has 8 heteroatoms. The van der Waals surface area contributed by atoms with Gasteiger partial charge in [-0.2, -0.15) is 0 Å². The first-order valence-corrected chi connectivity index (χ1v) is 13.8. The maximum atomic E-state index is 12.9. The topological polar surface area (TPSA) is 75.5 Å². The van der Waals surface area contributed by atoms with Crippen molar-refractivity contribution >= 4 is 17.7 Å². The Hall–Kier alpha value is -4.27. The summed E-state index contributed by atoms with van der Waals surface area (Å²) in [4.78, 5) is 17.6. The molecule has 204 valence electrons. The van der Waals surface area contributed by atoms with Gasteiger partial charge in [0.1, 0.15) is 11.6 Å². The number of amides is 1. The molecule has 0 atom stereocenters. The van der Waals surface area contributed by atoms with E-state index < -0.39 is 0 Å². The highest BCUT2D eigenvalue weighted by molar-refractivity contribution is 5.92. The fraction of sp³-hybridized carbons (Fsp3) is 0.281. The van der Waals surface area contributed by atoms with Gasteiger partial charge in [-0.3, -0.25) is 19.2 Å². The van der Waals surface area contributed by atoms with Crippen LogP contribution >= 0.6 is 0 Å². The van der Waals surface area contributed by atoms with Crippen LogP contribution in [0.5, 0.6) is 5.75 Å². The number of ether oxygens (including phenoxy) is 1. The van der Waals surface area contributed by atoms with E-state index in [2.05, 4.69) is 78.4 Å². The summed E-state index contributed by atoms with van der Waals surface area (Å²) in [7, 11) is 1.67. The number of carbonyl (C=O) groups is 1. The minimum absolute atomic E-state index is 0.0212. The van der Waals surface area contributed by atoms with Crippen molar-refractivity contribution in [3.63, 3.8) is 0 Å². The molecule has 1 amide bonds. The van der Waals surface area contributed by atoms with E-state index in [1.165, 1.54) is 11.1 Å². The van der Waals surface area contributed by atoms with E-state index in [1.807, 2.05) is 36.4 Å². The van der Waals surface area contributed by atoms with Gasteiger partial charge in [-0.1, -0.05) is 54.6 Å². The van der Waals surface area contributed by atoms with Gasteiger partial charge in [0.15, 0.2) is 5.82 Å². The molecule has 2 aliphatic heterocycles. The molecule has 0 bridgehead atoms. The summed E-state index contributed by atoms with van der Waals surface area (Å²) >= 11 is 0. The lowest BCUT2D eigenvalue weighted by atomic mass is 10.0. The summed E-state index contributed by atoms with van der Waals surface area (Å²) in [6, 6.07) is 24.3. The Morgan fingerprint density at radius 3 is 2.52 bits per heavy atom. The zero-order valence-corrected chi connectivity index (χ0v) is 22.8. The van der Waals surface area contributed by atoms with Crippen LogP contribution in [0.15, 0.2) is 78.9 Å². The number of nitrogens with zero attached hydrogens (tertiary/aromatic N) is 5. The maximum Gasteiger partial charge on any atom is 0.238 e. The average Bonchev–Trinajstić information content (AvgIpc) is 3.43. The van der Waals surface area contributed by atoms with Crippen LogP contribution in [0.3, 0.4) is 0 Å². The fourth-order valence-electron chi connectivity index (χ4n) is 5.50. The molecule has 1 saturated heterocycles. The lowest BCUT2D eigenvalue weighted by Crippen LogP contribution is -2.48. The smallest absolute Gasteiger partial charge is 0.238 e. The van der Waals surface area contributed by atoms with E-state index in [4.69, 9.17) is 4.74 Å². The Kier molecular flexibility index (Phi) is 7.70. The van der Waals surface area contributed by atoms with Crippen molar-refractivity contribution in [1.29, 1.82) is 0 Å². The van der Waals surface area contributed by atoms with Gasteiger partial charge in [0.05, 0.1) is 24.9 Å². The number of benzene rings is 3. The highest BCUT2D eigenvalue weighted by Gasteiger charge is 2.24. The molecule has 8 nitrogen and oxygen atoms in total. The van der Waals surface area contributed by atoms with Crippen molar-refractivity contribution in [3.8, 4) is 22.8 Å². The Morgan fingerprint density at radius 2 is 1.70 bits per heavy atom. The predicted molar refractivity (Wildman–Crippen MR) is 158 cm³/mol. The molecule has 3 aromatic carbocycles. The van der Waals surface area contributed by atoms with E-state index in [-0.39, 0.29) is 5.91 Å². The molecule has 4 aromatic rings. The molecule has 0 spiro atoms. The summed E-state index contributed by atoms with van der Waals surface area (Å²) < 4.78 is 7.68. The van der Waals surface area contributed by atoms with Crippen molar-refractivity contribution in [2.24, 2.45) is 0 Å². The normalized spacial score (nSPS) is 15.5. The lowest BCUT2D eigenvalue weighted by molar-refractivity contribution is -0.117. The van der Waals surface area contributed by atoms with Crippen LogP contribution in [0.1, 0.15) is 17.0 Å². The molecule has 1 fully saturated rings. The average molecular weight is 535 g/mol. The summed E-state index contributed by atoms with van der Waals surface area (Å²) in [5, 5.41) is 12.1. The van der Waals surface area contributed by atoms with Crippen LogP contribution in [0.2, 0.25) is 0 Å². The number of hydrogen-bond acceptors (Lipinski definition) is 6. The minimum atomic E-state index is 0.0212. The molecule has 1 N–H and O–H groups in total. The van der Waals surface area contributed by atoms with Gasteiger partial charge in [0.2, 0.25) is 5.91 Å². The number of methoxy groups -OCH3 is 1. The number of anilines is 1. The molecule has 3 heterocycles. The van der Waals surface area contributed by atoms with Gasteiger partial charge in [-0.15, -0.1) is 10.2 Å². The van der Waals surface area contributed by atoms with Gasteiger partial charge < -0.3 is 10.1 Å². The third-order valence-electron chi connectivity index (χ3n) is 7.61. The monoisotopic (exact) mass is 534 g/mol. The summed E-state index contributed by atoms with van der Waals surface area (Å²) in [6.45, 7) is 5.02. The third kappa shape index (κ3) is 5.68. The van der Waals surface area contributed by atoms with Crippen LogP contribution < -0.4 is 10.1 Å². The first kappa shape index (κ1) is 26.0. The Morgan fingerprint density at radius 1 is 0.925 bits per heavy atom. The molecular formula is C32H34N6O2. The second-order valence-electron chi connectivity index (χ2n) is 10.3. The zero-order chi connectivity index (χ0) is 27.3. The number of aromatic nitrogens is 3. The second kappa shape index (κ2) is 11.9. The summed E-state index contributed by atoms with van der Waals surface area (Å²) in [5.74, 6) is 2.48. The molecule has 1 aromatic heterocycles. The van der Waals surface area contributed by atoms with Crippen LogP contribution in [0, 0.1) is 0 Å². The number of hydrogen-bond donors (Lipinski definition) is 1. The molecule has 0 unspecified atom stereocenters. The molecule has 6 rings (SSSR count). The number of rotatable bonds is 8. The fourth-order valence-corrected chi connectivity index (χ4v) is 5.50. The number of carbonyl (C=O) groups excluding carboxylic acids is 1. The van der Waals surface area contributed by atoms with E-state index >= 15 is 0 Å². The van der Waals surface area contributed by atoms with Crippen molar-refractivity contribution in [2.45, 2.75) is 12.8 Å². The number of fused-ring (bicyclic) bond motifs is 3. The van der Waals surface area contributed by atoms with Crippen LogP contribution in [-0.2, 0) is 17.6 Å². The minimum Gasteiger partial charge on any atom is -0.496 e. The van der Waals surface area contributed by atoms with E-state index in [9.17, 15) is 4.79 Å². The van der Waals surface area contributed by atoms with E-state index in [0.29, 0.717) is 6.54 Å². The molecule has 2 aliphatic rings. The Labute approximate surface area is 234 Å². The lowest BCUT2D eigenvalue weighted by Gasteiger charge is -2.33. The number of aryl methyl sites for hydroxylation is 2. The van der Waals surface area contributed by atoms with Gasteiger partial charge in [0, 0.05) is 44.8 Å². The van der Waals surface area contributed by atoms with Crippen LogP contribution in [0.4, 0.5) is 5.69 Å². The highest BCUT2D eigenvalue weighted by atomic mass is 16.5. The molecular weight excluding hydrogens is 500 g/mol. The van der Waals surface area contributed by atoms with Gasteiger partial charge >= 0.3 is 0 Å². The first-order valence-electron chi connectivity index (χ1n) is 13.8. The summed E-state index contributed by atoms with van der Waals surface area (Å²) in [5.41, 5.74) is 5.16. The molecule has 0 radical (unpaired) electrons. The zero-order valence-electron chi connectivity index (χ0n) is 22.8. The van der Waals surface area contributed by atoms with Gasteiger partial charge in [-0.05, 0) is 47.9 Å². The Bertz CT molecular complexity index is 1510. The molecule has 0 aliphatic carbocycles. The number of piperazine rings is 1. The largest absolute Gasteiger partial charge is 0.496 e. The van der Waals surface area contributed by atoms with E-state index in [0.717, 1.165) is 79.9 Å². The van der Waals surface area contributed by atoms with E-state index in [1.54, 1.807) is 7.11 Å². The van der Waals surface area contributed by atoms with Gasteiger partial charge in [-0.25, -0.2) is 0 Å². The van der Waals surface area contributed by atoms with Crippen molar-refractivity contribution < 1.29 is 9.53 Å². The van der Waals surface area contributed by atoms with Gasteiger partial charge in [0.25, 0.3) is 0 Å². The maximum absolute atomic E-state index is 12.9. The molecule has 40 heavy (non-hydrogen) atoms. The SMILES string of the molecule is COc1ccccc1-c1nnc2n1-c1ccc(NC(=O)CN3CCN(C/C=C/c4ccccc4)CC3)cc1CC2. The van der Waals surface area contributed by atoms with Crippen molar-refractivity contribution in [3.05, 3.63) is 95.8 Å². The number of para-hydroxylation sites is 1. The van der Waals surface area contributed by atoms with Crippen molar-refractivity contribution in [1.82, 2.24) is 24.6 Å². The highest BCUT2D eigenvalue weighted by Crippen LogP contribution is 2.34.